The molecule has 0 bridgehead atoms. The van der Waals surface area contributed by atoms with Crippen LogP contribution in [0.15, 0.2) is 0 Å². The number of nitriles is 1. The van der Waals surface area contributed by atoms with Crippen molar-refractivity contribution >= 4 is 5.91 Å². The van der Waals surface area contributed by atoms with E-state index in [4.69, 9.17) is 15.7 Å². The third kappa shape index (κ3) is 3.86. The normalized spacial score (nSPS) is 24.8. The molecule has 0 saturated heterocycles. The molecule has 1 aliphatic carbocycles. The van der Waals surface area contributed by atoms with E-state index in [1.54, 1.807) is 0 Å². The van der Waals surface area contributed by atoms with Gasteiger partial charge in [-0.05, 0) is 19.3 Å². The molecule has 0 spiro atoms. The van der Waals surface area contributed by atoms with Gasteiger partial charge in [-0.3, -0.25) is 4.79 Å². The van der Waals surface area contributed by atoms with Gasteiger partial charge in [-0.2, -0.15) is 5.26 Å². The maximum Gasteiger partial charge on any atom is 0.246 e. The van der Waals surface area contributed by atoms with E-state index in [1.807, 2.05) is 0 Å². The number of rotatable bonds is 5. The van der Waals surface area contributed by atoms with Crippen molar-refractivity contribution in [1.29, 1.82) is 5.26 Å². The molecular formula is C10H17N3O2. The summed E-state index contributed by atoms with van der Waals surface area (Å²) in [6.07, 6.45) is 2.78. The van der Waals surface area contributed by atoms with Gasteiger partial charge >= 0.3 is 0 Å². The zero-order valence-corrected chi connectivity index (χ0v) is 8.74. The maximum atomic E-state index is 11.3. The average molecular weight is 211 g/mol. The summed E-state index contributed by atoms with van der Waals surface area (Å²) in [7, 11) is 0. The van der Waals surface area contributed by atoms with Gasteiger partial charge in [0.2, 0.25) is 5.91 Å². The van der Waals surface area contributed by atoms with Crippen LogP contribution in [0.5, 0.6) is 0 Å². The quantitative estimate of drug-likeness (QED) is 0.615. The zero-order chi connectivity index (χ0) is 11.1. The lowest BCUT2D eigenvalue weighted by molar-refractivity contribution is -0.126. The SMILES string of the molecule is N#CC1CCCC1NC(=O)COCCN. The lowest BCUT2D eigenvalue weighted by Gasteiger charge is -2.15. The van der Waals surface area contributed by atoms with Gasteiger partial charge in [0, 0.05) is 12.6 Å². The van der Waals surface area contributed by atoms with E-state index in [0.29, 0.717) is 13.2 Å². The molecule has 2 atom stereocenters. The van der Waals surface area contributed by atoms with E-state index < -0.39 is 0 Å². The third-order valence-electron chi connectivity index (χ3n) is 2.52. The average Bonchev–Trinajstić information content (AvgIpc) is 2.65. The van der Waals surface area contributed by atoms with Crippen molar-refractivity contribution in [2.24, 2.45) is 11.7 Å². The minimum Gasteiger partial charge on any atom is -0.370 e. The molecule has 0 aromatic rings. The van der Waals surface area contributed by atoms with Gasteiger partial charge in [-0.25, -0.2) is 0 Å². The van der Waals surface area contributed by atoms with Crippen LogP contribution in [0.3, 0.4) is 0 Å². The number of carbonyl (C=O) groups excluding carboxylic acids is 1. The first-order valence-corrected chi connectivity index (χ1v) is 5.24. The Hall–Kier alpha value is -1.12. The lowest BCUT2D eigenvalue weighted by atomic mass is 10.1. The van der Waals surface area contributed by atoms with Crippen molar-refractivity contribution in [3.8, 4) is 6.07 Å². The van der Waals surface area contributed by atoms with Crippen molar-refractivity contribution in [3.05, 3.63) is 0 Å². The van der Waals surface area contributed by atoms with Crippen LogP contribution in [0.4, 0.5) is 0 Å². The fourth-order valence-corrected chi connectivity index (χ4v) is 1.78. The fraction of sp³-hybridized carbons (Fsp3) is 0.800. The Morgan fingerprint density at radius 1 is 1.60 bits per heavy atom. The van der Waals surface area contributed by atoms with E-state index in [-0.39, 0.29) is 24.5 Å². The zero-order valence-electron chi connectivity index (χ0n) is 8.74. The number of hydrogen-bond donors (Lipinski definition) is 2. The summed E-state index contributed by atoms with van der Waals surface area (Å²) >= 11 is 0. The molecule has 84 valence electrons. The van der Waals surface area contributed by atoms with Crippen LogP contribution in [0, 0.1) is 17.2 Å². The molecule has 0 radical (unpaired) electrons. The van der Waals surface area contributed by atoms with Gasteiger partial charge < -0.3 is 15.8 Å². The Morgan fingerprint density at radius 2 is 2.40 bits per heavy atom. The Bertz CT molecular complexity index is 250. The fourth-order valence-electron chi connectivity index (χ4n) is 1.78. The first-order valence-electron chi connectivity index (χ1n) is 5.24. The highest BCUT2D eigenvalue weighted by atomic mass is 16.5. The summed E-state index contributed by atoms with van der Waals surface area (Å²) in [6, 6.07) is 2.21. The Kier molecular flexibility index (Phi) is 5.08. The van der Waals surface area contributed by atoms with Crippen molar-refractivity contribution in [2.45, 2.75) is 25.3 Å². The molecule has 1 rings (SSSR count). The van der Waals surface area contributed by atoms with Gasteiger partial charge in [0.05, 0.1) is 18.6 Å². The molecule has 5 nitrogen and oxygen atoms in total. The van der Waals surface area contributed by atoms with Crippen LogP contribution in [-0.4, -0.2) is 31.7 Å². The van der Waals surface area contributed by atoms with E-state index >= 15 is 0 Å². The van der Waals surface area contributed by atoms with E-state index in [9.17, 15) is 4.79 Å². The molecule has 5 heteroatoms. The van der Waals surface area contributed by atoms with Gasteiger partial charge in [-0.15, -0.1) is 0 Å². The van der Waals surface area contributed by atoms with E-state index in [0.717, 1.165) is 19.3 Å². The molecule has 15 heavy (non-hydrogen) atoms. The van der Waals surface area contributed by atoms with Crippen LogP contribution < -0.4 is 11.1 Å². The summed E-state index contributed by atoms with van der Waals surface area (Å²) in [5.74, 6) is -0.195. The first-order chi connectivity index (χ1) is 7.27. The summed E-state index contributed by atoms with van der Waals surface area (Å²) < 4.78 is 5.00. The molecule has 1 saturated carbocycles. The summed E-state index contributed by atoms with van der Waals surface area (Å²) in [5, 5.41) is 11.6. The smallest absolute Gasteiger partial charge is 0.246 e. The third-order valence-corrected chi connectivity index (χ3v) is 2.52. The Morgan fingerprint density at radius 3 is 3.07 bits per heavy atom. The van der Waals surface area contributed by atoms with Crippen LogP contribution in [0.2, 0.25) is 0 Å². The van der Waals surface area contributed by atoms with E-state index in [1.165, 1.54) is 0 Å². The number of nitrogens with zero attached hydrogens (tertiary/aromatic N) is 1. The topological polar surface area (TPSA) is 88.1 Å². The molecule has 2 unspecified atom stereocenters. The number of carbonyl (C=O) groups is 1. The largest absolute Gasteiger partial charge is 0.370 e. The van der Waals surface area contributed by atoms with Crippen molar-refractivity contribution in [1.82, 2.24) is 5.32 Å². The highest BCUT2D eigenvalue weighted by Crippen LogP contribution is 2.24. The number of nitrogens with one attached hydrogen (secondary N) is 1. The summed E-state index contributed by atoms with van der Waals surface area (Å²) in [6.45, 7) is 0.836. The van der Waals surface area contributed by atoms with Gasteiger partial charge in [0.15, 0.2) is 0 Å². The van der Waals surface area contributed by atoms with Gasteiger partial charge in [-0.1, -0.05) is 0 Å². The standard InChI is InChI=1S/C10H17N3O2/c11-4-5-15-7-10(14)13-9-3-1-2-8(9)6-12/h8-9H,1-5,7,11H2,(H,13,14). The number of nitrogens with two attached hydrogens (primary N) is 1. The molecule has 1 aliphatic rings. The monoisotopic (exact) mass is 211 g/mol. The Labute approximate surface area is 89.6 Å². The van der Waals surface area contributed by atoms with Crippen LogP contribution in [0.25, 0.3) is 0 Å². The summed E-state index contributed by atoms with van der Waals surface area (Å²) in [4.78, 5) is 11.3. The first kappa shape index (κ1) is 12.0. The molecule has 0 aromatic heterocycles. The van der Waals surface area contributed by atoms with E-state index in [2.05, 4.69) is 11.4 Å². The van der Waals surface area contributed by atoms with Crippen molar-refractivity contribution in [3.63, 3.8) is 0 Å². The predicted molar refractivity (Wildman–Crippen MR) is 54.8 cm³/mol. The molecular weight excluding hydrogens is 194 g/mol. The van der Waals surface area contributed by atoms with Crippen LogP contribution >= 0.6 is 0 Å². The molecule has 1 fully saturated rings. The number of hydrogen-bond acceptors (Lipinski definition) is 4. The minimum atomic E-state index is -0.157. The Balaban J connectivity index is 2.22. The highest BCUT2D eigenvalue weighted by Gasteiger charge is 2.28. The second-order valence-electron chi connectivity index (χ2n) is 3.68. The van der Waals surface area contributed by atoms with Crippen LogP contribution in [0.1, 0.15) is 19.3 Å². The van der Waals surface area contributed by atoms with Crippen molar-refractivity contribution < 1.29 is 9.53 Å². The highest BCUT2D eigenvalue weighted by molar-refractivity contribution is 5.77. The summed E-state index contributed by atoms with van der Waals surface area (Å²) in [5.41, 5.74) is 5.22. The second-order valence-corrected chi connectivity index (χ2v) is 3.68. The molecule has 0 heterocycles. The lowest BCUT2D eigenvalue weighted by Crippen LogP contribution is -2.39. The van der Waals surface area contributed by atoms with Crippen LogP contribution in [-0.2, 0) is 9.53 Å². The molecule has 3 N–H and O–H groups in total. The molecule has 1 amide bonds. The number of amides is 1. The maximum absolute atomic E-state index is 11.3. The minimum absolute atomic E-state index is 0.00368. The van der Waals surface area contributed by atoms with Crippen molar-refractivity contribution in [2.75, 3.05) is 19.8 Å². The van der Waals surface area contributed by atoms with Gasteiger partial charge in [0.1, 0.15) is 6.61 Å². The second kappa shape index (κ2) is 6.38. The number of ether oxygens (including phenoxy) is 1. The van der Waals surface area contributed by atoms with Gasteiger partial charge in [0.25, 0.3) is 0 Å². The molecule has 0 aromatic carbocycles. The predicted octanol–water partition coefficient (Wildman–Crippen LogP) is -0.230. The molecule has 0 aliphatic heterocycles.